The first kappa shape index (κ1) is 26.5. The summed E-state index contributed by atoms with van der Waals surface area (Å²) in [5, 5.41) is 0.720. The minimum Gasteiger partial charge on any atom is -0.497 e. The molecule has 0 saturated carbocycles. The average molecular weight is 547 g/mol. The van der Waals surface area contributed by atoms with Gasteiger partial charge in [0.2, 0.25) is 0 Å². The number of fused-ring (bicyclic) bond motifs is 1. The Labute approximate surface area is 228 Å². The Morgan fingerprint density at radius 3 is 2.38 bits per heavy atom. The minimum absolute atomic E-state index is 0.0651. The van der Waals surface area contributed by atoms with Crippen molar-refractivity contribution in [2.45, 2.75) is 11.4 Å². The maximum atomic E-state index is 13.3. The first-order valence-corrected chi connectivity index (χ1v) is 14.1. The number of nitrogens with zero attached hydrogens (tertiary/aromatic N) is 3. The lowest BCUT2D eigenvalue weighted by molar-refractivity contribution is 0.0628. The van der Waals surface area contributed by atoms with Gasteiger partial charge in [-0.05, 0) is 48.0 Å². The fraction of sp³-hybridized carbons (Fsp3) is 0.241. The Kier molecular flexibility index (Phi) is 7.67. The molecule has 39 heavy (non-hydrogen) atoms. The highest BCUT2D eigenvalue weighted by atomic mass is 32.2. The molecule has 1 aromatic heterocycles. The molecule has 5 rings (SSSR count). The van der Waals surface area contributed by atoms with Gasteiger partial charge in [-0.2, -0.15) is 0 Å². The van der Waals surface area contributed by atoms with Gasteiger partial charge >= 0.3 is 0 Å². The Bertz CT molecular complexity index is 1580. The molecule has 0 atom stereocenters. The van der Waals surface area contributed by atoms with Crippen molar-refractivity contribution in [3.05, 3.63) is 90.1 Å². The normalized spacial score (nSPS) is 14.3. The zero-order chi connectivity index (χ0) is 27.4. The molecule has 0 aliphatic carbocycles. The van der Waals surface area contributed by atoms with E-state index in [1.165, 1.54) is 18.7 Å². The molecule has 9 nitrogen and oxygen atoms in total. The summed E-state index contributed by atoms with van der Waals surface area (Å²) in [6, 6.07) is 21.3. The molecule has 10 heteroatoms. The van der Waals surface area contributed by atoms with Crippen LogP contribution in [0.3, 0.4) is 0 Å². The number of pyridine rings is 1. The van der Waals surface area contributed by atoms with Crippen molar-refractivity contribution >= 4 is 32.5 Å². The third-order valence-electron chi connectivity index (χ3n) is 6.80. The summed E-state index contributed by atoms with van der Waals surface area (Å²) in [6.45, 7) is 3.51. The Morgan fingerprint density at radius 1 is 0.923 bits per heavy atom. The molecule has 202 valence electrons. The number of piperazine rings is 1. The van der Waals surface area contributed by atoms with Crippen LogP contribution in [-0.2, 0) is 16.6 Å². The predicted octanol–water partition coefficient (Wildman–Crippen LogP) is 4.01. The third kappa shape index (κ3) is 5.81. The Hall–Kier alpha value is -4.15. The van der Waals surface area contributed by atoms with Crippen molar-refractivity contribution in [3.8, 4) is 11.5 Å². The van der Waals surface area contributed by atoms with E-state index in [4.69, 9.17) is 9.47 Å². The maximum absolute atomic E-state index is 13.3. The van der Waals surface area contributed by atoms with E-state index >= 15 is 0 Å². The molecule has 3 aromatic carbocycles. The van der Waals surface area contributed by atoms with Gasteiger partial charge in [0, 0.05) is 49.9 Å². The molecule has 1 fully saturated rings. The molecule has 1 aliphatic rings. The lowest BCUT2D eigenvalue weighted by Crippen LogP contribution is -2.48. The van der Waals surface area contributed by atoms with Gasteiger partial charge in [0.25, 0.3) is 15.9 Å². The molecule has 0 bridgehead atoms. The van der Waals surface area contributed by atoms with E-state index in [9.17, 15) is 13.2 Å². The van der Waals surface area contributed by atoms with E-state index in [-0.39, 0.29) is 22.2 Å². The van der Waals surface area contributed by atoms with Crippen molar-refractivity contribution in [3.63, 3.8) is 0 Å². The number of hydrogen-bond acceptors (Lipinski definition) is 7. The fourth-order valence-corrected chi connectivity index (χ4v) is 5.93. The van der Waals surface area contributed by atoms with E-state index in [0.717, 1.165) is 30.8 Å². The number of para-hydroxylation sites is 1. The van der Waals surface area contributed by atoms with Crippen LogP contribution in [0, 0.1) is 0 Å². The smallest absolute Gasteiger partial charge is 0.264 e. The molecular weight excluding hydrogens is 516 g/mol. The lowest BCUT2D eigenvalue weighted by atomic mass is 10.1. The van der Waals surface area contributed by atoms with Gasteiger partial charge in [0.1, 0.15) is 16.4 Å². The van der Waals surface area contributed by atoms with Crippen molar-refractivity contribution in [1.82, 2.24) is 14.8 Å². The summed E-state index contributed by atoms with van der Waals surface area (Å²) in [6.07, 6.45) is 1.56. The number of carbonyl (C=O) groups is 1. The van der Waals surface area contributed by atoms with Crippen molar-refractivity contribution < 1.29 is 22.7 Å². The summed E-state index contributed by atoms with van der Waals surface area (Å²) in [7, 11) is -0.870. The largest absolute Gasteiger partial charge is 0.497 e. The van der Waals surface area contributed by atoms with Crippen molar-refractivity contribution in [1.29, 1.82) is 0 Å². The number of aromatic nitrogens is 1. The minimum atomic E-state index is -3.96. The van der Waals surface area contributed by atoms with Gasteiger partial charge < -0.3 is 14.4 Å². The first-order chi connectivity index (χ1) is 18.9. The molecule has 1 N–H and O–H groups in total. The van der Waals surface area contributed by atoms with Crippen molar-refractivity contribution in [2.24, 2.45) is 0 Å². The summed E-state index contributed by atoms with van der Waals surface area (Å²) in [5.41, 5.74) is 2.25. The Balaban J connectivity index is 1.26. The number of ether oxygens (including phenoxy) is 2. The predicted molar refractivity (Wildman–Crippen MR) is 150 cm³/mol. The van der Waals surface area contributed by atoms with Gasteiger partial charge in [-0.15, -0.1) is 0 Å². The monoisotopic (exact) mass is 546 g/mol. The van der Waals surface area contributed by atoms with E-state index in [1.807, 2.05) is 17.0 Å². The number of methoxy groups -OCH3 is 2. The van der Waals surface area contributed by atoms with E-state index in [0.29, 0.717) is 24.2 Å². The molecule has 1 aliphatic heterocycles. The van der Waals surface area contributed by atoms with Crippen LogP contribution in [0.5, 0.6) is 11.5 Å². The topological polar surface area (TPSA) is 101 Å². The highest BCUT2D eigenvalue weighted by Crippen LogP contribution is 2.30. The van der Waals surface area contributed by atoms with Crippen LogP contribution in [-0.4, -0.2) is 69.5 Å². The summed E-state index contributed by atoms with van der Waals surface area (Å²) in [5.74, 6) is 0.967. The molecular formula is C29H30N4O5S. The van der Waals surface area contributed by atoms with Gasteiger partial charge in [0.05, 0.1) is 25.4 Å². The zero-order valence-electron chi connectivity index (χ0n) is 21.8. The summed E-state index contributed by atoms with van der Waals surface area (Å²) < 4.78 is 39.8. The second-order valence-electron chi connectivity index (χ2n) is 9.27. The van der Waals surface area contributed by atoms with Gasteiger partial charge in [-0.1, -0.05) is 30.3 Å². The van der Waals surface area contributed by atoms with Crippen LogP contribution in [0.15, 0.2) is 83.9 Å². The highest BCUT2D eigenvalue weighted by Gasteiger charge is 2.24. The number of hydrogen-bond donors (Lipinski definition) is 1. The van der Waals surface area contributed by atoms with Crippen LogP contribution in [0.1, 0.15) is 15.9 Å². The van der Waals surface area contributed by atoms with E-state index in [1.54, 1.807) is 55.8 Å². The maximum Gasteiger partial charge on any atom is 0.264 e. The molecule has 0 spiro atoms. The van der Waals surface area contributed by atoms with Crippen LogP contribution in [0.25, 0.3) is 10.9 Å². The fourth-order valence-electron chi connectivity index (χ4n) is 4.68. The molecule has 2 heterocycles. The van der Waals surface area contributed by atoms with Gasteiger partial charge in [-0.3, -0.25) is 19.4 Å². The average Bonchev–Trinajstić information content (AvgIpc) is 2.97. The van der Waals surface area contributed by atoms with Gasteiger partial charge in [-0.25, -0.2) is 8.42 Å². The molecule has 1 saturated heterocycles. The summed E-state index contributed by atoms with van der Waals surface area (Å²) >= 11 is 0. The van der Waals surface area contributed by atoms with Crippen molar-refractivity contribution in [2.75, 3.05) is 45.1 Å². The Morgan fingerprint density at radius 2 is 1.67 bits per heavy atom. The van der Waals surface area contributed by atoms with Crippen LogP contribution >= 0.6 is 0 Å². The molecule has 0 radical (unpaired) electrons. The SMILES string of the molecule is COc1ccc(CN2CCN(C(=O)c3ccc(NS(=O)(=O)c4cccc5cccnc45)c(OC)c3)CC2)cc1. The second kappa shape index (κ2) is 11.3. The van der Waals surface area contributed by atoms with Crippen LogP contribution < -0.4 is 14.2 Å². The number of benzene rings is 3. The second-order valence-corrected chi connectivity index (χ2v) is 10.9. The van der Waals surface area contributed by atoms with Crippen LogP contribution in [0.4, 0.5) is 5.69 Å². The number of amides is 1. The quantitative estimate of drug-likeness (QED) is 0.356. The number of anilines is 1. The van der Waals surface area contributed by atoms with E-state index in [2.05, 4.69) is 26.7 Å². The highest BCUT2D eigenvalue weighted by molar-refractivity contribution is 7.93. The van der Waals surface area contributed by atoms with Crippen LogP contribution in [0.2, 0.25) is 0 Å². The first-order valence-electron chi connectivity index (χ1n) is 12.6. The van der Waals surface area contributed by atoms with Gasteiger partial charge in [0.15, 0.2) is 0 Å². The lowest BCUT2D eigenvalue weighted by Gasteiger charge is -2.35. The standard InChI is InChI=1S/C29H30N4O5S/c1-37-24-11-8-21(9-12-24)20-32-15-17-33(18-16-32)29(34)23-10-13-25(26(19-23)38-2)31-39(35,36)27-7-3-5-22-6-4-14-30-28(22)27/h3-14,19,31H,15-18,20H2,1-2H3. The summed E-state index contributed by atoms with van der Waals surface area (Å²) in [4.78, 5) is 21.7. The molecule has 4 aromatic rings. The molecule has 1 amide bonds. The molecule has 0 unspecified atom stereocenters. The van der Waals surface area contributed by atoms with E-state index < -0.39 is 10.0 Å². The number of nitrogens with one attached hydrogen (secondary N) is 1. The third-order valence-corrected chi connectivity index (χ3v) is 8.20. The zero-order valence-corrected chi connectivity index (χ0v) is 22.6. The number of sulfonamides is 1. The number of carbonyl (C=O) groups excluding carboxylic acids is 1. The number of rotatable bonds is 8.